The second kappa shape index (κ2) is 4.65. The van der Waals surface area contributed by atoms with Crippen molar-refractivity contribution >= 4 is 0 Å². The molecule has 0 spiro atoms. The number of benzene rings is 1. The molecule has 1 rings (SSSR count). The number of ether oxygens (including phenoxy) is 2. The van der Waals surface area contributed by atoms with E-state index in [1.807, 2.05) is 0 Å². The molecule has 0 bridgehead atoms. The monoisotopic (exact) mass is 196 g/mol. The van der Waals surface area contributed by atoms with Crippen molar-refractivity contribution in [3.63, 3.8) is 0 Å². The highest BCUT2D eigenvalue weighted by atomic mass is 19.1. The van der Waals surface area contributed by atoms with Crippen LogP contribution < -0.4 is 9.47 Å². The lowest BCUT2D eigenvalue weighted by atomic mass is 10.1. The quantitative estimate of drug-likeness (QED) is 0.689. The molecule has 0 amide bonds. The van der Waals surface area contributed by atoms with Crippen LogP contribution in [-0.2, 0) is 6.42 Å². The van der Waals surface area contributed by atoms with Gasteiger partial charge in [-0.1, -0.05) is 6.08 Å². The Morgan fingerprint density at radius 2 is 2.07 bits per heavy atom. The van der Waals surface area contributed by atoms with Gasteiger partial charge in [-0.3, -0.25) is 0 Å². The van der Waals surface area contributed by atoms with Gasteiger partial charge in [0.2, 0.25) is 0 Å². The molecule has 0 heterocycles. The van der Waals surface area contributed by atoms with Crippen molar-refractivity contribution in [1.29, 1.82) is 0 Å². The predicted octanol–water partition coefficient (Wildman–Crippen LogP) is 2.57. The normalized spacial score (nSPS) is 9.64. The molecule has 0 aromatic heterocycles. The minimum atomic E-state index is -0.413. The highest BCUT2D eigenvalue weighted by Crippen LogP contribution is 2.31. The summed E-state index contributed by atoms with van der Waals surface area (Å²) in [5.74, 6) is 0.133. The van der Waals surface area contributed by atoms with E-state index in [0.29, 0.717) is 12.2 Å². The lowest BCUT2D eigenvalue weighted by molar-refractivity contribution is 0.337. The zero-order chi connectivity index (χ0) is 10.6. The van der Waals surface area contributed by atoms with Crippen molar-refractivity contribution in [3.8, 4) is 11.5 Å². The molecule has 76 valence electrons. The maximum atomic E-state index is 13.4. The number of hydrogen-bond acceptors (Lipinski definition) is 2. The summed E-state index contributed by atoms with van der Waals surface area (Å²) in [6.45, 7) is 3.59. The number of allylic oxidation sites excluding steroid dienone is 1. The van der Waals surface area contributed by atoms with E-state index in [9.17, 15) is 4.39 Å². The van der Waals surface area contributed by atoms with Gasteiger partial charge in [0.05, 0.1) is 14.2 Å². The summed E-state index contributed by atoms with van der Waals surface area (Å²) in [6.07, 6.45) is 2.32. The van der Waals surface area contributed by atoms with Crippen LogP contribution >= 0.6 is 0 Å². The van der Waals surface area contributed by atoms with Crippen LogP contribution in [0.25, 0.3) is 0 Å². The molecule has 1 aromatic carbocycles. The van der Waals surface area contributed by atoms with Crippen molar-refractivity contribution < 1.29 is 13.9 Å². The van der Waals surface area contributed by atoms with Gasteiger partial charge in [-0.05, 0) is 24.1 Å². The Hall–Kier alpha value is -1.51. The average molecular weight is 196 g/mol. The zero-order valence-corrected chi connectivity index (χ0v) is 8.34. The van der Waals surface area contributed by atoms with Gasteiger partial charge >= 0.3 is 0 Å². The number of halogens is 1. The molecular formula is C11H13FO2. The predicted molar refractivity (Wildman–Crippen MR) is 53.4 cm³/mol. The average Bonchev–Trinajstić information content (AvgIpc) is 2.17. The van der Waals surface area contributed by atoms with Crippen molar-refractivity contribution in [2.45, 2.75) is 6.42 Å². The summed E-state index contributed by atoms with van der Waals surface area (Å²) in [5, 5.41) is 0. The molecule has 0 fully saturated rings. The van der Waals surface area contributed by atoms with E-state index in [1.165, 1.54) is 20.3 Å². The van der Waals surface area contributed by atoms with Gasteiger partial charge < -0.3 is 9.47 Å². The lowest BCUT2D eigenvalue weighted by Gasteiger charge is -2.09. The van der Waals surface area contributed by atoms with Gasteiger partial charge in [0.15, 0.2) is 17.3 Å². The van der Waals surface area contributed by atoms with E-state index in [-0.39, 0.29) is 5.75 Å². The van der Waals surface area contributed by atoms with Crippen LogP contribution in [0.15, 0.2) is 24.8 Å². The lowest BCUT2D eigenvalue weighted by Crippen LogP contribution is -1.95. The molecule has 0 saturated carbocycles. The summed E-state index contributed by atoms with van der Waals surface area (Å²) < 4.78 is 23.3. The maximum Gasteiger partial charge on any atom is 0.196 e. The van der Waals surface area contributed by atoms with Crippen LogP contribution in [0.3, 0.4) is 0 Å². The van der Waals surface area contributed by atoms with E-state index in [1.54, 1.807) is 12.1 Å². The second-order valence-electron chi connectivity index (χ2n) is 2.81. The smallest absolute Gasteiger partial charge is 0.196 e. The minimum Gasteiger partial charge on any atom is -0.493 e. The first-order valence-corrected chi connectivity index (χ1v) is 4.24. The highest BCUT2D eigenvalue weighted by Gasteiger charge is 2.11. The van der Waals surface area contributed by atoms with Crippen LogP contribution in [0, 0.1) is 5.82 Å². The molecular weight excluding hydrogens is 183 g/mol. The molecule has 0 aliphatic rings. The first kappa shape index (κ1) is 10.6. The Kier molecular flexibility index (Phi) is 3.51. The fourth-order valence-corrected chi connectivity index (χ4v) is 1.26. The summed E-state index contributed by atoms with van der Waals surface area (Å²) >= 11 is 0. The highest BCUT2D eigenvalue weighted by molar-refractivity contribution is 5.44. The summed E-state index contributed by atoms with van der Waals surface area (Å²) in [5.41, 5.74) is 0.815. The SMILES string of the molecule is C=CCc1cc(F)c(OC)c(OC)c1. The third kappa shape index (κ3) is 2.05. The van der Waals surface area contributed by atoms with Gasteiger partial charge in [0, 0.05) is 0 Å². The Balaban J connectivity index is 3.16. The molecule has 2 nitrogen and oxygen atoms in total. The number of hydrogen-bond donors (Lipinski definition) is 0. The Morgan fingerprint density at radius 3 is 2.57 bits per heavy atom. The fraction of sp³-hybridized carbons (Fsp3) is 0.273. The fourth-order valence-electron chi connectivity index (χ4n) is 1.26. The standard InChI is InChI=1S/C11H13FO2/c1-4-5-8-6-9(12)11(14-3)10(7-8)13-2/h4,6-7H,1,5H2,2-3H3. The van der Waals surface area contributed by atoms with Gasteiger partial charge in [-0.25, -0.2) is 4.39 Å². The first-order chi connectivity index (χ1) is 6.72. The van der Waals surface area contributed by atoms with Crippen LogP contribution in [0.2, 0.25) is 0 Å². The molecule has 0 radical (unpaired) electrons. The third-order valence-corrected chi connectivity index (χ3v) is 1.87. The van der Waals surface area contributed by atoms with Crippen molar-refractivity contribution in [2.24, 2.45) is 0 Å². The number of rotatable bonds is 4. The van der Waals surface area contributed by atoms with Gasteiger partial charge in [0.1, 0.15) is 0 Å². The Labute approximate surface area is 83.0 Å². The van der Waals surface area contributed by atoms with Crippen molar-refractivity contribution in [2.75, 3.05) is 14.2 Å². The van der Waals surface area contributed by atoms with E-state index < -0.39 is 5.82 Å². The van der Waals surface area contributed by atoms with Crippen LogP contribution in [0.5, 0.6) is 11.5 Å². The largest absolute Gasteiger partial charge is 0.493 e. The molecule has 1 aromatic rings. The maximum absolute atomic E-state index is 13.4. The molecule has 0 N–H and O–H groups in total. The molecule has 0 atom stereocenters. The van der Waals surface area contributed by atoms with Gasteiger partial charge in [-0.2, -0.15) is 0 Å². The molecule has 0 unspecified atom stereocenters. The van der Waals surface area contributed by atoms with Crippen LogP contribution in [0.1, 0.15) is 5.56 Å². The summed E-state index contributed by atoms with van der Waals surface area (Å²) in [6, 6.07) is 3.16. The molecule has 0 saturated heterocycles. The third-order valence-electron chi connectivity index (χ3n) is 1.87. The van der Waals surface area contributed by atoms with Crippen LogP contribution in [0.4, 0.5) is 4.39 Å². The van der Waals surface area contributed by atoms with E-state index in [2.05, 4.69) is 6.58 Å². The molecule has 0 aliphatic carbocycles. The Bertz CT molecular complexity index is 334. The molecule has 3 heteroatoms. The number of methoxy groups -OCH3 is 2. The zero-order valence-electron chi connectivity index (χ0n) is 8.34. The van der Waals surface area contributed by atoms with Crippen LogP contribution in [-0.4, -0.2) is 14.2 Å². The minimum absolute atomic E-state index is 0.139. The second-order valence-corrected chi connectivity index (χ2v) is 2.81. The van der Waals surface area contributed by atoms with Crippen molar-refractivity contribution in [3.05, 3.63) is 36.2 Å². The first-order valence-electron chi connectivity index (χ1n) is 4.24. The van der Waals surface area contributed by atoms with Crippen molar-refractivity contribution in [1.82, 2.24) is 0 Å². The van der Waals surface area contributed by atoms with Gasteiger partial charge in [0.25, 0.3) is 0 Å². The van der Waals surface area contributed by atoms with E-state index in [0.717, 1.165) is 5.56 Å². The topological polar surface area (TPSA) is 18.5 Å². The summed E-state index contributed by atoms with van der Waals surface area (Å²) in [4.78, 5) is 0. The van der Waals surface area contributed by atoms with E-state index >= 15 is 0 Å². The molecule has 14 heavy (non-hydrogen) atoms. The Morgan fingerprint density at radius 1 is 1.36 bits per heavy atom. The van der Waals surface area contributed by atoms with E-state index in [4.69, 9.17) is 9.47 Å². The summed E-state index contributed by atoms with van der Waals surface area (Å²) in [7, 11) is 2.89. The molecule has 0 aliphatic heterocycles. The van der Waals surface area contributed by atoms with Gasteiger partial charge in [-0.15, -0.1) is 6.58 Å².